The molecule has 0 fully saturated rings. The number of carbonyl (C=O) groups excluding carboxylic acids is 2. The summed E-state index contributed by atoms with van der Waals surface area (Å²) in [5.74, 6) is -7.00. The Hall–Kier alpha value is -8.28. The van der Waals surface area contributed by atoms with Gasteiger partial charge in [-0.2, -0.15) is 8.78 Å². The summed E-state index contributed by atoms with van der Waals surface area (Å²) in [5.41, 5.74) is 2.41. The highest BCUT2D eigenvalue weighted by atomic mass is 19.2. The zero-order valence-corrected chi connectivity index (χ0v) is 39.6. The van der Waals surface area contributed by atoms with Crippen LogP contribution in [0.1, 0.15) is 106 Å². The van der Waals surface area contributed by atoms with E-state index >= 15 is 8.78 Å². The van der Waals surface area contributed by atoms with Gasteiger partial charge in [0.05, 0.1) is 0 Å². The molecule has 4 aliphatic heterocycles. The summed E-state index contributed by atoms with van der Waals surface area (Å²) in [6.07, 6.45) is 9.38. The first-order valence-electron chi connectivity index (χ1n) is 23.3. The Morgan fingerprint density at radius 3 is 1.29 bits per heavy atom. The van der Waals surface area contributed by atoms with Gasteiger partial charge in [0.15, 0.2) is 46.0 Å². The second kappa shape index (κ2) is 19.8. The zero-order chi connectivity index (χ0) is 51.1. The molecule has 4 bridgehead atoms. The van der Waals surface area contributed by atoms with Gasteiger partial charge in [0.2, 0.25) is 22.5 Å². The minimum atomic E-state index is -1.11. The van der Waals surface area contributed by atoms with E-state index in [1.54, 1.807) is 34.3 Å². The van der Waals surface area contributed by atoms with Crippen molar-refractivity contribution in [3.63, 3.8) is 0 Å². The van der Waals surface area contributed by atoms with Crippen LogP contribution in [0.3, 0.4) is 0 Å². The summed E-state index contributed by atoms with van der Waals surface area (Å²) < 4.78 is 73.4. The maximum absolute atomic E-state index is 15.2. The van der Waals surface area contributed by atoms with Gasteiger partial charge in [-0.05, 0) is 70.5 Å². The van der Waals surface area contributed by atoms with E-state index < -0.39 is 69.5 Å². The van der Waals surface area contributed by atoms with Crippen LogP contribution in [-0.4, -0.2) is 80.8 Å². The summed E-state index contributed by atoms with van der Waals surface area (Å²) in [7, 11) is 0. The van der Waals surface area contributed by atoms with E-state index in [4.69, 9.17) is 9.47 Å². The van der Waals surface area contributed by atoms with Crippen LogP contribution in [-0.2, 0) is 0 Å². The zero-order valence-electron chi connectivity index (χ0n) is 39.6. The van der Waals surface area contributed by atoms with Gasteiger partial charge in [0, 0.05) is 48.7 Å². The lowest BCUT2D eigenvalue weighted by molar-refractivity contribution is 0.0694. The number of pyridine rings is 2. The molecule has 0 saturated heterocycles. The monoisotopic (exact) mass is 986 g/mol. The van der Waals surface area contributed by atoms with Crippen LogP contribution in [0, 0.1) is 23.3 Å². The first-order valence-corrected chi connectivity index (χ1v) is 23.3. The number of hydrogen-bond donors (Lipinski definition) is 2. The van der Waals surface area contributed by atoms with Gasteiger partial charge in [-0.1, -0.05) is 88.4 Å². The van der Waals surface area contributed by atoms with Crippen LogP contribution in [0.15, 0.2) is 131 Å². The average Bonchev–Trinajstić information content (AvgIpc) is 3.42. The minimum Gasteiger partial charge on any atom is -0.502 e. The molecule has 2 N–H and O–H groups in total. The fraction of sp³-hybridized carbons (Fsp3) is 0.259. The SMILES string of the molecule is CC(C)c1ccccc1[C@@H]1c2ccc(F)c(F)c2OC/C=C\CN2CN1n1ccc(=O)c(O)c1C2=O.CC(C)c1ccccc1[C@H]1c2ccc(F)c(F)c2OC/C=C\CN2CN1n1ccc(=O)c(O)c1C2=O. The fourth-order valence-electron chi connectivity index (χ4n) is 9.64. The molecule has 0 radical (unpaired) electrons. The lowest BCUT2D eigenvalue weighted by Crippen LogP contribution is -2.55. The van der Waals surface area contributed by atoms with Gasteiger partial charge in [0.25, 0.3) is 11.8 Å². The molecule has 4 aliphatic rings. The normalized spacial score (nSPS) is 18.2. The predicted molar refractivity (Wildman–Crippen MR) is 260 cm³/mol. The summed E-state index contributed by atoms with van der Waals surface area (Å²) in [6.45, 7) is 8.45. The van der Waals surface area contributed by atoms with Gasteiger partial charge in [-0.15, -0.1) is 0 Å². The molecular formula is C54H50F4N6O8. The number of ether oxygens (including phenoxy) is 2. The largest absolute Gasteiger partial charge is 0.502 e. The van der Waals surface area contributed by atoms with Crippen LogP contribution < -0.4 is 30.3 Å². The molecule has 2 amide bonds. The lowest BCUT2D eigenvalue weighted by Gasteiger charge is -2.44. The number of halogens is 4. The number of fused-ring (bicyclic) bond motifs is 10. The molecule has 372 valence electrons. The van der Waals surface area contributed by atoms with Crippen molar-refractivity contribution in [3.8, 4) is 23.0 Å². The standard InChI is InChI=1S/2C27H25F2N3O4/c2*1-16(2)17-7-3-4-8-18(17)23-19-9-10-20(28)22(29)26(19)36-14-6-5-12-30-15-32(23)31-13-11-21(33)25(34)24(31)27(30)35/h2*3-11,13,16,23,34H,12,14-15H2,1-2H3/b2*6-5-/t2*23-/m10/s1. The molecule has 0 unspecified atom stereocenters. The number of benzene rings is 4. The number of carbonyl (C=O) groups is 2. The molecule has 2 aromatic heterocycles. The maximum atomic E-state index is 15.2. The van der Waals surface area contributed by atoms with Crippen LogP contribution in [0.4, 0.5) is 17.6 Å². The first kappa shape index (κ1) is 48.7. The first-order chi connectivity index (χ1) is 34.6. The molecule has 14 nitrogen and oxygen atoms in total. The third-order valence-corrected chi connectivity index (χ3v) is 13.1. The van der Waals surface area contributed by atoms with E-state index in [9.17, 15) is 38.2 Å². The molecule has 6 heterocycles. The summed E-state index contributed by atoms with van der Waals surface area (Å²) in [5, 5.41) is 24.7. The van der Waals surface area contributed by atoms with E-state index in [1.165, 1.54) is 55.8 Å². The van der Waals surface area contributed by atoms with Crippen molar-refractivity contribution in [2.45, 2.75) is 51.6 Å². The maximum Gasteiger partial charge on any atom is 0.278 e. The summed E-state index contributed by atoms with van der Waals surface area (Å²) in [4.78, 5) is 54.2. The Morgan fingerprint density at radius 1 is 0.514 bits per heavy atom. The number of rotatable bonds is 4. The highest BCUT2D eigenvalue weighted by Gasteiger charge is 2.41. The van der Waals surface area contributed by atoms with Crippen LogP contribution >= 0.6 is 0 Å². The van der Waals surface area contributed by atoms with Crippen molar-refractivity contribution < 1.29 is 46.8 Å². The van der Waals surface area contributed by atoms with Crippen LogP contribution in [0.2, 0.25) is 0 Å². The van der Waals surface area contributed by atoms with E-state index in [2.05, 4.69) is 0 Å². The van der Waals surface area contributed by atoms with Crippen molar-refractivity contribution in [1.29, 1.82) is 0 Å². The minimum absolute atomic E-state index is 0.0377. The highest BCUT2D eigenvalue weighted by Crippen LogP contribution is 2.43. The highest BCUT2D eigenvalue weighted by molar-refractivity contribution is 5.97. The number of aromatic hydroxyl groups is 2. The molecular weight excluding hydrogens is 937 g/mol. The molecule has 0 saturated carbocycles. The number of amides is 2. The Bertz CT molecular complexity index is 3080. The Morgan fingerprint density at radius 2 is 0.903 bits per heavy atom. The Balaban J connectivity index is 0.000000178. The molecule has 6 aromatic rings. The van der Waals surface area contributed by atoms with E-state index in [1.807, 2.05) is 76.2 Å². The van der Waals surface area contributed by atoms with Gasteiger partial charge < -0.3 is 29.5 Å². The third-order valence-electron chi connectivity index (χ3n) is 13.1. The van der Waals surface area contributed by atoms with Crippen molar-refractivity contribution in [2.24, 2.45) is 0 Å². The molecule has 18 heteroatoms. The predicted octanol–water partition coefficient (Wildman–Crippen LogP) is 8.09. The summed E-state index contributed by atoms with van der Waals surface area (Å²) in [6, 6.07) is 21.1. The summed E-state index contributed by atoms with van der Waals surface area (Å²) >= 11 is 0. The topological polar surface area (TPSA) is 150 Å². The molecule has 0 spiro atoms. The van der Waals surface area contributed by atoms with Crippen molar-refractivity contribution >= 4 is 11.8 Å². The van der Waals surface area contributed by atoms with Crippen LogP contribution in [0.5, 0.6) is 23.0 Å². The van der Waals surface area contributed by atoms with Crippen molar-refractivity contribution in [2.75, 3.05) is 49.7 Å². The Kier molecular flexibility index (Phi) is 13.4. The lowest BCUT2D eigenvalue weighted by atomic mass is 9.88. The van der Waals surface area contributed by atoms with E-state index in [-0.39, 0.29) is 74.4 Å². The molecule has 10 rings (SSSR count). The van der Waals surface area contributed by atoms with E-state index in [0.717, 1.165) is 34.4 Å². The Labute approximate surface area is 411 Å². The molecule has 4 aromatic carbocycles. The van der Waals surface area contributed by atoms with Gasteiger partial charge in [-0.25, -0.2) is 8.78 Å². The van der Waals surface area contributed by atoms with Gasteiger partial charge in [0.1, 0.15) is 38.6 Å². The quantitative estimate of drug-likeness (QED) is 0.131. The van der Waals surface area contributed by atoms with Crippen molar-refractivity contribution in [3.05, 3.63) is 210 Å². The average molecular weight is 987 g/mol. The van der Waals surface area contributed by atoms with Crippen LogP contribution in [0.25, 0.3) is 0 Å². The molecule has 0 aliphatic carbocycles. The van der Waals surface area contributed by atoms with Gasteiger partial charge >= 0.3 is 0 Å². The second-order valence-electron chi connectivity index (χ2n) is 18.2. The molecule has 2 atom stereocenters. The number of hydrogen-bond acceptors (Lipinski definition) is 10. The number of nitrogens with zero attached hydrogens (tertiary/aromatic N) is 6. The smallest absolute Gasteiger partial charge is 0.278 e. The molecule has 72 heavy (non-hydrogen) atoms. The second-order valence-corrected chi connectivity index (χ2v) is 18.2. The third kappa shape index (κ3) is 8.70. The fourth-order valence-corrected chi connectivity index (χ4v) is 9.64. The number of aromatic nitrogens is 2. The van der Waals surface area contributed by atoms with Gasteiger partial charge in [-0.3, -0.25) is 38.5 Å². The van der Waals surface area contributed by atoms with E-state index in [0.29, 0.717) is 11.1 Å². The van der Waals surface area contributed by atoms with Crippen molar-refractivity contribution in [1.82, 2.24) is 19.2 Å².